The van der Waals surface area contributed by atoms with E-state index < -0.39 is 23.1 Å². The van der Waals surface area contributed by atoms with Crippen molar-refractivity contribution in [3.8, 4) is 23.0 Å². The summed E-state index contributed by atoms with van der Waals surface area (Å²) in [7, 11) is 5.64. The molecule has 0 aromatic heterocycles. The van der Waals surface area contributed by atoms with Crippen molar-refractivity contribution in [2.45, 2.75) is 32.5 Å². The van der Waals surface area contributed by atoms with Crippen LogP contribution in [-0.4, -0.2) is 50.5 Å². The van der Waals surface area contributed by atoms with E-state index in [0.29, 0.717) is 54.4 Å². The first kappa shape index (κ1) is 25.1. The van der Waals surface area contributed by atoms with Gasteiger partial charge in [-0.2, -0.15) is 0 Å². The molecule has 0 aliphatic heterocycles. The van der Waals surface area contributed by atoms with Crippen LogP contribution < -0.4 is 30.3 Å². The van der Waals surface area contributed by atoms with Gasteiger partial charge in [-0.15, -0.1) is 0 Å². The standard InChI is InChI=1S/C30H26O9/c1-10-7-12-18-23-19(27(34)29(12)38-5)13(32)8-15(36-3)21(23)22-16(37-4)9-14(33)20-25(22)24(18)26(17(10)11(2)31)30(39-6)28(20)35/h8-9,28,30,34-35H,7H2,1-6H3. The number of phenols is 1. The van der Waals surface area contributed by atoms with Crippen LogP contribution in [0.5, 0.6) is 23.0 Å². The van der Waals surface area contributed by atoms with E-state index in [1.807, 2.05) is 0 Å². The molecule has 2 atom stereocenters. The monoisotopic (exact) mass is 530 g/mol. The van der Waals surface area contributed by atoms with E-state index in [2.05, 4.69) is 0 Å². The lowest BCUT2D eigenvalue weighted by atomic mass is 9.78. The van der Waals surface area contributed by atoms with Gasteiger partial charge in [0, 0.05) is 63.1 Å². The van der Waals surface area contributed by atoms with Crippen molar-refractivity contribution in [3.05, 3.63) is 60.1 Å². The maximum absolute atomic E-state index is 13.5. The fourth-order valence-electron chi connectivity index (χ4n) is 6.76. The van der Waals surface area contributed by atoms with Crippen molar-refractivity contribution in [1.29, 1.82) is 0 Å². The smallest absolute Gasteiger partial charge is 0.194 e. The van der Waals surface area contributed by atoms with Gasteiger partial charge in [-0.3, -0.25) is 14.4 Å². The lowest BCUT2D eigenvalue weighted by Gasteiger charge is -2.32. The Morgan fingerprint density at radius 2 is 1.49 bits per heavy atom. The van der Waals surface area contributed by atoms with E-state index in [-0.39, 0.29) is 46.2 Å². The highest BCUT2D eigenvalue weighted by atomic mass is 16.5. The zero-order valence-electron chi connectivity index (χ0n) is 22.3. The number of aliphatic hydroxyl groups excluding tert-OH is 1. The molecule has 200 valence electrons. The van der Waals surface area contributed by atoms with Gasteiger partial charge < -0.3 is 29.2 Å². The van der Waals surface area contributed by atoms with Gasteiger partial charge in [0.15, 0.2) is 28.1 Å². The van der Waals surface area contributed by atoms with Crippen molar-refractivity contribution in [3.63, 3.8) is 0 Å². The molecule has 0 radical (unpaired) electrons. The number of benzene rings is 4. The maximum Gasteiger partial charge on any atom is 0.194 e. The first-order chi connectivity index (χ1) is 18.6. The number of hydrogen-bond donors (Lipinski definition) is 2. The third-order valence-corrected chi connectivity index (χ3v) is 8.10. The summed E-state index contributed by atoms with van der Waals surface area (Å²) in [6.07, 6.45) is -2.26. The summed E-state index contributed by atoms with van der Waals surface area (Å²) in [5, 5.41) is 25.6. The predicted octanol–water partition coefficient (Wildman–Crippen LogP) is 2.43. The molecule has 6 rings (SSSR count). The predicted molar refractivity (Wildman–Crippen MR) is 145 cm³/mol. The number of allylic oxidation sites excluding steroid dienone is 1. The lowest BCUT2D eigenvalue weighted by Crippen LogP contribution is -2.37. The van der Waals surface area contributed by atoms with Crippen LogP contribution in [0.1, 0.15) is 31.1 Å². The third kappa shape index (κ3) is 2.94. The average molecular weight is 531 g/mol. The van der Waals surface area contributed by atoms with Crippen LogP contribution in [0, 0.1) is 0 Å². The first-order valence-electron chi connectivity index (χ1n) is 12.3. The quantitative estimate of drug-likeness (QED) is 0.295. The van der Waals surface area contributed by atoms with Gasteiger partial charge in [-0.25, -0.2) is 0 Å². The third-order valence-electron chi connectivity index (χ3n) is 8.10. The molecule has 0 bridgehead atoms. The van der Waals surface area contributed by atoms with Crippen molar-refractivity contribution in [2.75, 3.05) is 28.4 Å². The van der Waals surface area contributed by atoms with E-state index in [4.69, 9.17) is 18.9 Å². The van der Waals surface area contributed by atoms with Crippen LogP contribution in [0.3, 0.4) is 0 Å². The normalized spacial score (nSPS) is 18.4. The fourth-order valence-corrected chi connectivity index (χ4v) is 6.76. The minimum Gasteiger partial charge on any atom is -0.504 e. The molecule has 0 saturated heterocycles. The largest absolute Gasteiger partial charge is 0.504 e. The number of methoxy groups -OCH3 is 4. The van der Waals surface area contributed by atoms with Crippen LogP contribution in [0.2, 0.25) is 0 Å². The Kier molecular flexibility index (Phi) is 5.40. The van der Waals surface area contributed by atoms with Gasteiger partial charge in [0.2, 0.25) is 0 Å². The molecule has 4 aromatic carbocycles. The number of carbonyl (C=O) groups is 1. The fraction of sp³-hybridized carbons (Fsp3) is 0.300. The molecular formula is C30H26O9. The van der Waals surface area contributed by atoms with Gasteiger partial charge in [0.05, 0.1) is 26.7 Å². The van der Waals surface area contributed by atoms with Crippen molar-refractivity contribution in [2.24, 2.45) is 0 Å². The topological polar surface area (TPSA) is 129 Å². The van der Waals surface area contributed by atoms with Gasteiger partial charge in [0.1, 0.15) is 23.7 Å². The summed E-state index contributed by atoms with van der Waals surface area (Å²) in [6, 6.07) is 2.55. The van der Waals surface area contributed by atoms with E-state index in [9.17, 15) is 24.6 Å². The lowest BCUT2D eigenvalue weighted by molar-refractivity contribution is -0.113. The molecule has 0 spiro atoms. The Morgan fingerprint density at radius 3 is 2.05 bits per heavy atom. The minimum atomic E-state index is -1.40. The van der Waals surface area contributed by atoms with Crippen molar-refractivity contribution < 1.29 is 34.0 Å². The molecule has 0 heterocycles. The van der Waals surface area contributed by atoms with Crippen LogP contribution in [0.15, 0.2) is 32.9 Å². The second-order valence-electron chi connectivity index (χ2n) is 9.96. The van der Waals surface area contributed by atoms with Crippen LogP contribution in [-0.2, 0) is 16.0 Å². The zero-order chi connectivity index (χ0) is 28.1. The Labute approximate surface area is 221 Å². The second-order valence-corrected chi connectivity index (χ2v) is 9.96. The number of phenolic OH excluding ortho intramolecular Hbond substituents is 1. The molecule has 9 nitrogen and oxygen atoms in total. The van der Waals surface area contributed by atoms with Crippen molar-refractivity contribution >= 4 is 43.7 Å². The van der Waals surface area contributed by atoms with E-state index in [1.165, 1.54) is 47.5 Å². The molecule has 0 fully saturated rings. The number of Topliss-reactive ketones (excluding diaryl/α,β-unsaturated/α-hetero) is 1. The summed E-state index contributed by atoms with van der Waals surface area (Å²) in [5.74, 6) is -0.0832. The Bertz CT molecular complexity index is 1990. The highest BCUT2D eigenvalue weighted by Crippen LogP contribution is 2.51. The average Bonchev–Trinajstić information content (AvgIpc) is 3.02. The second kappa shape index (κ2) is 8.39. The zero-order valence-corrected chi connectivity index (χ0v) is 22.3. The number of fused-ring (bicyclic) bond motifs is 1. The van der Waals surface area contributed by atoms with Gasteiger partial charge in [-0.1, -0.05) is 5.57 Å². The first-order valence-corrected chi connectivity index (χ1v) is 12.3. The summed E-state index contributed by atoms with van der Waals surface area (Å²) >= 11 is 0. The molecule has 0 amide bonds. The van der Waals surface area contributed by atoms with Gasteiger partial charge >= 0.3 is 0 Å². The molecule has 39 heavy (non-hydrogen) atoms. The van der Waals surface area contributed by atoms with Crippen LogP contribution in [0.25, 0.3) is 37.9 Å². The number of aromatic hydroxyl groups is 1. The summed E-state index contributed by atoms with van der Waals surface area (Å²) in [4.78, 5) is 40.2. The SMILES string of the molecule is COc1c(O)c2c(=O)cc(OC)c3c4c(OC)cc(=O)c5c4c4c(c1CC(C)=C(C(C)=O)C=4C(OC)C5O)c23. The Hall–Kier alpha value is -4.21. The maximum atomic E-state index is 13.5. The Morgan fingerprint density at radius 1 is 0.872 bits per heavy atom. The Balaban J connectivity index is 2.19. The summed E-state index contributed by atoms with van der Waals surface area (Å²) in [5.41, 5.74) is 1.08. The molecule has 0 saturated carbocycles. The van der Waals surface area contributed by atoms with E-state index >= 15 is 0 Å². The number of carbonyl (C=O) groups excluding carboxylic acids is 1. The number of ether oxygens (including phenoxy) is 4. The number of hydrogen-bond acceptors (Lipinski definition) is 9. The molecule has 9 heteroatoms. The number of rotatable bonds is 5. The molecule has 4 aromatic rings. The molecular weight excluding hydrogens is 504 g/mol. The number of aliphatic hydroxyl groups is 1. The van der Waals surface area contributed by atoms with Crippen molar-refractivity contribution in [1.82, 2.24) is 0 Å². The van der Waals surface area contributed by atoms with E-state index in [0.717, 1.165) is 0 Å². The molecule has 2 aliphatic rings. The highest BCUT2D eigenvalue weighted by molar-refractivity contribution is 6.29. The number of ketones is 1. The molecule has 2 unspecified atom stereocenters. The van der Waals surface area contributed by atoms with Crippen LogP contribution >= 0.6 is 0 Å². The summed E-state index contributed by atoms with van der Waals surface area (Å²) in [6.45, 7) is 3.23. The van der Waals surface area contributed by atoms with Gasteiger partial charge in [-0.05, 0) is 30.9 Å². The molecule has 2 aliphatic carbocycles. The summed E-state index contributed by atoms with van der Waals surface area (Å²) < 4.78 is 22.8. The van der Waals surface area contributed by atoms with Gasteiger partial charge in [0.25, 0.3) is 0 Å². The minimum absolute atomic E-state index is 0.0118. The van der Waals surface area contributed by atoms with Crippen LogP contribution in [0.4, 0.5) is 0 Å². The molecule has 2 N–H and O–H groups in total. The van der Waals surface area contributed by atoms with E-state index in [1.54, 1.807) is 6.92 Å². The highest BCUT2D eigenvalue weighted by Gasteiger charge is 2.41.